The van der Waals surface area contributed by atoms with E-state index in [0.29, 0.717) is 11.6 Å². The molecule has 2 aromatic carbocycles. The molecule has 1 unspecified atom stereocenters. The quantitative estimate of drug-likeness (QED) is 0.837. The first-order valence-corrected chi connectivity index (χ1v) is 7.21. The third-order valence-electron chi connectivity index (χ3n) is 2.93. The summed E-state index contributed by atoms with van der Waals surface area (Å²) in [7, 11) is 0. The van der Waals surface area contributed by atoms with Crippen LogP contribution in [-0.4, -0.2) is 17.6 Å². The van der Waals surface area contributed by atoms with Gasteiger partial charge in [0.2, 0.25) is 0 Å². The Labute approximate surface area is 130 Å². The molecule has 20 heavy (non-hydrogen) atoms. The summed E-state index contributed by atoms with van der Waals surface area (Å²) in [4.78, 5) is 11.4. The number of anilines is 1. The van der Waals surface area contributed by atoms with Gasteiger partial charge in [0.15, 0.2) is 0 Å². The summed E-state index contributed by atoms with van der Waals surface area (Å²) in [6.45, 7) is 0.313. The fourth-order valence-electron chi connectivity index (χ4n) is 1.86. The third kappa shape index (κ3) is 3.74. The van der Waals surface area contributed by atoms with Gasteiger partial charge in [-0.1, -0.05) is 41.9 Å². The first kappa shape index (κ1) is 14.9. The van der Waals surface area contributed by atoms with Crippen LogP contribution >= 0.6 is 27.5 Å². The molecular weight excluding hydrogens is 342 g/mol. The van der Waals surface area contributed by atoms with Gasteiger partial charge in [-0.25, -0.2) is 0 Å². The minimum atomic E-state index is -0.850. The number of nitrogens with one attached hydrogen (secondary N) is 1. The van der Waals surface area contributed by atoms with E-state index in [2.05, 4.69) is 21.2 Å². The van der Waals surface area contributed by atoms with Crippen molar-refractivity contribution >= 4 is 39.2 Å². The summed E-state index contributed by atoms with van der Waals surface area (Å²) in [6.07, 6.45) is 0. The molecule has 0 heterocycles. The van der Waals surface area contributed by atoms with Gasteiger partial charge in [0.25, 0.3) is 0 Å². The molecule has 1 atom stereocenters. The summed E-state index contributed by atoms with van der Waals surface area (Å²) in [5.74, 6) is -1.44. The van der Waals surface area contributed by atoms with Gasteiger partial charge in [-0.2, -0.15) is 0 Å². The lowest BCUT2D eigenvalue weighted by molar-refractivity contribution is -0.138. The Bertz CT molecular complexity index is 604. The van der Waals surface area contributed by atoms with E-state index in [1.165, 1.54) is 0 Å². The minimum absolute atomic E-state index is 0.313. The molecule has 5 heteroatoms. The maximum atomic E-state index is 11.4. The monoisotopic (exact) mass is 353 g/mol. The molecule has 2 aromatic rings. The summed E-state index contributed by atoms with van der Waals surface area (Å²) in [5, 5.41) is 13.1. The Morgan fingerprint density at radius 3 is 2.55 bits per heavy atom. The Morgan fingerprint density at radius 2 is 1.95 bits per heavy atom. The van der Waals surface area contributed by atoms with Gasteiger partial charge in [0.1, 0.15) is 0 Å². The van der Waals surface area contributed by atoms with Crippen LogP contribution in [0.4, 0.5) is 5.69 Å². The average molecular weight is 355 g/mol. The van der Waals surface area contributed by atoms with Crippen molar-refractivity contribution in [2.45, 2.75) is 5.92 Å². The van der Waals surface area contributed by atoms with Crippen molar-refractivity contribution in [1.29, 1.82) is 0 Å². The van der Waals surface area contributed by atoms with Crippen LogP contribution in [0.2, 0.25) is 5.02 Å². The first-order valence-electron chi connectivity index (χ1n) is 6.04. The van der Waals surface area contributed by atoms with Crippen LogP contribution in [0.5, 0.6) is 0 Å². The summed E-state index contributed by atoms with van der Waals surface area (Å²) >= 11 is 9.26. The van der Waals surface area contributed by atoms with Crippen molar-refractivity contribution in [3.05, 3.63) is 63.6 Å². The first-order chi connectivity index (χ1) is 9.58. The molecule has 0 bridgehead atoms. The lowest BCUT2D eigenvalue weighted by Crippen LogP contribution is -2.20. The van der Waals surface area contributed by atoms with Crippen molar-refractivity contribution < 1.29 is 9.90 Å². The maximum Gasteiger partial charge on any atom is 0.312 e. The van der Waals surface area contributed by atoms with Gasteiger partial charge < -0.3 is 10.4 Å². The molecule has 0 aliphatic carbocycles. The van der Waals surface area contributed by atoms with Gasteiger partial charge in [-0.05, 0) is 39.7 Å². The van der Waals surface area contributed by atoms with Gasteiger partial charge in [0, 0.05) is 16.7 Å². The Morgan fingerprint density at radius 1 is 1.25 bits per heavy atom. The largest absolute Gasteiger partial charge is 0.481 e. The van der Waals surface area contributed by atoms with E-state index < -0.39 is 11.9 Å². The second-order valence-electron chi connectivity index (χ2n) is 4.31. The predicted molar refractivity (Wildman–Crippen MR) is 84.5 cm³/mol. The molecule has 0 aromatic heterocycles. The highest BCUT2D eigenvalue weighted by Gasteiger charge is 2.19. The molecule has 0 saturated carbocycles. The van der Waals surface area contributed by atoms with Crippen LogP contribution in [0.3, 0.4) is 0 Å². The fraction of sp³-hybridized carbons (Fsp3) is 0.133. The standard InChI is InChI=1S/C15H13BrClNO2/c16-13-8-11(6-7-14(13)17)18-9-12(15(19)20)10-4-2-1-3-5-10/h1-8,12,18H,9H2,(H,19,20). The van der Waals surface area contributed by atoms with Crippen molar-refractivity contribution in [3.63, 3.8) is 0 Å². The number of benzene rings is 2. The number of hydrogen-bond donors (Lipinski definition) is 2. The molecule has 0 spiro atoms. The van der Waals surface area contributed by atoms with Gasteiger partial charge in [0.05, 0.1) is 10.9 Å². The zero-order valence-electron chi connectivity index (χ0n) is 10.5. The minimum Gasteiger partial charge on any atom is -0.481 e. The smallest absolute Gasteiger partial charge is 0.312 e. The molecule has 0 radical (unpaired) electrons. The zero-order chi connectivity index (χ0) is 14.5. The molecule has 104 valence electrons. The van der Waals surface area contributed by atoms with Crippen LogP contribution in [0.1, 0.15) is 11.5 Å². The highest BCUT2D eigenvalue weighted by atomic mass is 79.9. The van der Waals surface area contributed by atoms with E-state index >= 15 is 0 Å². The lowest BCUT2D eigenvalue weighted by Gasteiger charge is -2.15. The number of rotatable bonds is 5. The maximum absolute atomic E-state index is 11.4. The van der Waals surface area contributed by atoms with Crippen LogP contribution in [0, 0.1) is 0 Å². The molecule has 2 N–H and O–H groups in total. The number of carboxylic acid groups (broad SMARTS) is 1. The van der Waals surface area contributed by atoms with E-state index in [0.717, 1.165) is 15.7 Å². The highest BCUT2D eigenvalue weighted by molar-refractivity contribution is 9.10. The predicted octanol–water partition coefficient (Wildman–Crippen LogP) is 4.38. The molecule has 0 aliphatic heterocycles. The van der Waals surface area contributed by atoms with E-state index in [4.69, 9.17) is 11.6 Å². The molecular formula is C15H13BrClNO2. The number of halogens is 2. The molecule has 2 rings (SSSR count). The molecule has 0 fully saturated rings. The van der Waals surface area contributed by atoms with Gasteiger partial charge in [-0.15, -0.1) is 0 Å². The second-order valence-corrected chi connectivity index (χ2v) is 5.57. The Kier molecular flexibility index (Phi) is 5.04. The van der Waals surface area contributed by atoms with Gasteiger partial charge in [-0.3, -0.25) is 4.79 Å². The molecule has 0 saturated heterocycles. The van der Waals surface area contributed by atoms with E-state index in [1.807, 2.05) is 42.5 Å². The lowest BCUT2D eigenvalue weighted by atomic mass is 9.99. The number of hydrogen-bond acceptors (Lipinski definition) is 2. The number of carbonyl (C=O) groups is 1. The SMILES string of the molecule is O=C(O)C(CNc1ccc(Cl)c(Br)c1)c1ccccc1. The fourth-order valence-corrected chi connectivity index (χ4v) is 2.36. The third-order valence-corrected chi connectivity index (χ3v) is 4.14. The number of carboxylic acids is 1. The topological polar surface area (TPSA) is 49.3 Å². The van der Waals surface area contributed by atoms with E-state index in [1.54, 1.807) is 6.07 Å². The molecule has 0 aliphatic rings. The summed E-state index contributed by atoms with van der Waals surface area (Å²) in [6, 6.07) is 14.6. The summed E-state index contributed by atoms with van der Waals surface area (Å²) in [5.41, 5.74) is 1.60. The van der Waals surface area contributed by atoms with Crippen LogP contribution < -0.4 is 5.32 Å². The second kappa shape index (κ2) is 6.77. The van der Waals surface area contributed by atoms with E-state index in [9.17, 15) is 9.90 Å². The highest BCUT2D eigenvalue weighted by Crippen LogP contribution is 2.26. The number of aliphatic carboxylic acids is 1. The zero-order valence-corrected chi connectivity index (χ0v) is 12.9. The molecule has 0 amide bonds. The Balaban J connectivity index is 2.10. The Hall–Kier alpha value is -1.52. The van der Waals surface area contributed by atoms with Crippen molar-refractivity contribution in [1.82, 2.24) is 0 Å². The van der Waals surface area contributed by atoms with Gasteiger partial charge >= 0.3 is 5.97 Å². The average Bonchev–Trinajstić information content (AvgIpc) is 2.44. The van der Waals surface area contributed by atoms with E-state index in [-0.39, 0.29) is 0 Å². The normalized spacial score (nSPS) is 11.9. The van der Waals surface area contributed by atoms with Crippen molar-refractivity contribution in [3.8, 4) is 0 Å². The van der Waals surface area contributed by atoms with Crippen LogP contribution in [0.15, 0.2) is 53.0 Å². The van der Waals surface area contributed by atoms with Crippen LogP contribution in [-0.2, 0) is 4.79 Å². The molecule has 3 nitrogen and oxygen atoms in total. The van der Waals surface area contributed by atoms with Crippen molar-refractivity contribution in [2.24, 2.45) is 0 Å². The summed E-state index contributed by atoms with van der Waals surface area (Å²) < 4.78 is 0.774. The van der Waals surface area contributed by atoms with Crippen LogP contribution in [0.25, 0.3) is 0 Å². The van der Waals surface area contributed by atoms with Crippen molar-refractivity contribution in [2.75, 3.05) is 11.9 Å².